The maximum atomic E-state index is 13.6. The topological polar surface area (TPSA) is 46.9 Å². The van der Waals surface area contributed by atoms with E-state index in [4.69, 9.17) is 0 Å². The summed E-state index contributed by atoms with van der Waals surface area (Å²) in [6.07, 6.45) is 0. The van der Waals surface area contributed by atoms with Crippen molar-refractivity contribution in [3.8, 4) is 0 Å². The minimum Gasteiger partial charge on any atom is -0.317 e. The van der Waals surface area contributed by atoms with E-state index >= 15 is 0 Å². The molecule has 8 heteroatoms. The van der Waals surface area contributed by atoms with Gasteiger partial charge in [0.05, 0.1) is 11.3 Å². The van der Waals surface area contributed by atoms with Crippen LogP contribution in [0.3, 0.4) is 0 Å². The third-order valence-electron chi connectivity index (χ3n) is 3.26. The summed E-state index contributed by atoms with van der Waals surface area (Å²) < 4.78 is 55.0. The van der Waals surface area contributed by atoms with Crippen LogP contribution >= 0.6 is 0 Å². The molecule has 1 aromatic carbocycles. The number of aryl methyl sites for hydroxylation is 2. The number of hydrogen-bond donors (Lipinski definition) is 1. The Hall–Kier alpha value is -2.38. The first kappa shape index (κ1) is 16.0. The third kappa shape index (κ3) is 2.56. The number of amides is 1. The number of anilines is 1. The van der Waals surface area contributed by atoms with Crippen molar-refractivity contribution in [2.45, 2.75) is 27.3 Å². The summed E-state index contributed by atoms with van der Waals surface area (Å²) in [4.78, 5) is 12.2. The van der Waals surface area contributed by atoms with E-state index in [2.05, 4.69) is 5.10 Å². The smallest absolute Gasteiger partial charge is 0.259 e. The Balaban J connectivity index is 2.45. The molecule has 0 saturated heterocycles. The third-order valence-corrected chi connectivity index (χ3v) is 3.26. The van der Waals surface area contributed by atoms with Gasteiger partial charge in [0.15, 0.2) is 23.3 Å². The Morgan fingerprint density at radius 3 is 2.18 bits per heavy atom. The highest BCUT2D eigenvalue weighted by Gasteiger charge is 2.24. The van der Waals surface area contributed by atoms with Crippen LogP contribution in [0.1, 0.15) is 28.7 Å². The summed E-state index contributed by atoms with van der Waals surface area (Å²) >= 11 is 0. The Kier molecular flexibility index (Phi) is 4.20. The number of rotatable bonds is 3. The molecule has 2 rings (SSSR count). The van der Waals surface area contributed by atoms with Gasteiger partial charge in [0.1, 0.15) is 5.69 Å². The van der Waals surface area contributed by atoms with E-state index in [1.165, 1.54) is 4.68 Å². The fourth-order valence-corrected chi connectivity index (χ4v) is 2.19. The molecular formula is C14H13F4N3O. The monoisotopic (exact) mass is 315 g/mol. The lowest BCUT2D eigenvalue weighted by Crippen LogP contribution is -2.17. The van der Waals surface area contributed by atoms with Gasteiger partial charge in [0.2, 0.25) is 0 Å². The van der Waals surface area contributed by atoms with Gasteiger partial charge >= 0.3 is 0 Å². The summed E-state index contributed by atoms with van der Waals surface area (Å²) in [7, 11) is 0. The van der Waals surface area contributed by atoms with Gasteiger partial charge in [-0.05, 0) is 20.8 Å². The molecule has 0 aliphatic carbocycles. The highest BCUT2D eigenvalue weighted by molar-refractivity contribution is 6.06. The molecule has 0 fully saturated rings. The molecule has 4 nitrogen and oxygen atoms in total. The van der Waals surface area contributed by atoms with Gasteiger partial charge in [-0.2, -0.15) is 5.10 Å². The number of nitrogens with zero attached hydrogens (tertiary/aromatic N) is 2. The van der Waals surface area contributed by atoms with Gasteiger partial charge < -0.3 is 5.32 Å². The molecule has 0 aliphatic rings. The van der Waals surface area contributed by atoms with Crippen LogP contribution in [0.15, 0.2) is 6.07 Å². The van der Waals surface area contributed by atoms with Gasteiger partial charge in [-0.25, -0.2) is 17.6 Å². The number of hydrogen-bond acceptors (Lipinski definition) is 2. The molecule has 0 saturated carbocycles. The van der Waals surface area contributed by atoms with E-state index in [1.807, 2.05) is 12.2 Å². The van der Waals surface area contributed by atoms with Crippen LogP contribution in [-0.2, 0) is 6.54 Å². The van der Waals surface area contributed by atoms with Gasteiger partial charge in [-0.1, -0.05) is 0 Å². The van der Waals surface area contributed by atoms with E-state index < -0.39 is 34.9 Å². The SMILES string of the molecule is CCn1nc(C)c(C(=O)Nc2c(F)c(F)cc(F)c2F)c1C. The van der Waals surface area contributed by atoms with E-state index in [0.29, 0.717) is 17.9 Å². The number of nitrogens with one attached hydrogen (secondary N) is 1. The van der Waals surface area contributed by atoms with Crippen LogP contribution in [0, 0.1) is 37.1 Å². The lowest BCUT2D eigenvalue weighted by Gasteiger charge is -2.09. The molecule has 118 valence electrons. The number of benzene rings is 1. The number of carbonyl (C=O) groups excluding carboxylic acids is 1. The Bertz CT molecular complexity index is 729. The summed E-state index contributed by atoms with van der Waals surface area (Å²) in [6, 6.07) is 0.0753. The zero-order valence-electron chi connectivity index (χ0n) is 12.1. The fraction of sp³-hybridized carbons (Fsp3) is 0.286. The predicted octanol–water partition coefficient (Wildman–Crippen LogP) is 3.33. The number of carbonyl (C=O) groups is 1. The Morgan fingerprint density at radius 2 is 1.73 bits per heavy atom. The summed E-state index contributed by atoms with van der Waals surface area (Å²) in [6.45, 7) is 5.46. The van der Waals surface area contributed by atoms with Crippen LogP contribution in [0.5, 0.6) is 0 Å². The second kappa shape index (κ2) is 5.78. The molecule has 2 aromatic rings. The molecule has 1 amide bonds. The van der Waals surface area contributed by atoms with Crippen molar-refractivity contribution in [3.05, 3.63) is 46.3 Å². The lowest BCUT2D eigenvalue weighted by molar-refractivity contribution is 0.102. The summed E-state index contributed by atoms with van der Waals surface area (Å²) in [5, 5.41) is 5.96. The van der Waals surface area contributed by atoms with Gasteiger partial charge in [-0.3, -0.25) is 9.48 Å². The second-order valence-corrected chi connectivity index (χ2v) is 4.66. The van der Waals surface area contributed by atoms with Gasteiger partial charge in [-0.15, -0.1) is 0 Å². The minimum atomic E-state index is -1.66. The van der Waals surface area contributed by atoms with Crippen LogP contribution in [0.2, 0.25) is 0 Å². The minimum absolute atomic E-state index is 0.0753. The number of aromatic nitrogens is 2. The summed E-state index contributed by atoms with van der Waals surface area (Å²) in [5.41, 5.74) is -0.236. The summed E-state index contributed by atoms with van der Waals surface area (Å²) in [5.74, 6) is -7.40. The zero-order chi connectivity index (χ0) is 16.6. The molecule has 0 bridgehead atoms. The van der Waals surface area contributed by atoms with Crippen LogP contribution in [0.25, 0.3) is 0 Å². The van der Waals surface area contributed by atoms with E-state index in [0.717, 1.165) is 0 Å². The Morgan fingerprint density at radius 1 is 1.18 bits per heavy atom. The first-order valence-electron chi connectivity index (χ1n) is 6.46. The predicted molar refractivity (Wildman–Crippen MR) is 71.6 cm³/mol. The van der Waals surface area contributed by atoms with E-state index in [-0.39, 0.29) is 11.6 Å². The highest BCUT2D eigenvalue weighted by Crippen LogP contribution is 2.25. The van der Waals surface area contributed by atoms with Crippen LogP contribution < -0.4 is 5.32 Å². The maximum Gasteiger partial charge on any atom is 0.259 e. The van der Waals surface area contributed by atoms with Crippen molar-refractivity contribution >= 4 is 11.6 Å². The van der Waals surface area contributed by atoms with Crippen LogP contribution in [0.4, 0.5) is 23.2 Å². The van der Waals surface area contributed by atoms with Crippen molar-refractivity contribution in [1.82, 2.24) is 9.78 Å². The maximum absolute atomic E-state index is 13.6. The molecule has 22 heavy (non-hydrogen) atoms. The average molecular weight is 315 g/mol. The molecule has 0 radical (unpaired) electrons. The Labute approximate surface area is 123 Å². The lowest BCUT2D eigenvalue weighted by atomic mass is 10.1. The molecule has 0 spiro atoms. The molecule has 0 unspecified atom stereocenters. The first-order chi connectivity index (χ1) is 10.3. The standard InChI is InChI=1S/C14H13F4N3O/c1-4-21-7(3)10(6(2)20-21)14(22)19-13-11(17)8(15)5-9(16)12(13)18/h5H,4H2,1-3H3,(H,19,22). The first-order valence-corrected chi connectivity index (χ1v) is 6.46. The van der Waals surface area contributed by atoms with Crippen molar-refractivity contribution in [2.24, 2.45) is 0 Å². The normalized spacial score (nSPS) is 10.9. The zero-order valence-corrected chi connectivity index (χ0v) is 12.1. The van der Waals surface area contributed by atoms with Crippen molar-refractivity contribution in [2.75, 3.05) is 5.32 Å². The van der Waals surface area contributed by atoms with E-state index in [1.54, 1.807) is 13.8 Å². The molecular weight excluding hydrogens is 302 g/mol. The average Bonchev–Trinajstić information content (AvgIpc) is 2.75. The quantitative estimate of drug-likeness (QED) is 0.697. The van der Waals surface area contributed by atoms with E-state index in [9.17, 15) is 22.4 Å². The van der Waals surface area contributed by atoms with Crippen molar-refractivity contribution in [3.63, 3.8) is 0 Å². The molecule has 1 heterocycles. The fourth-order valence-electron chi connectivity index (χ4n) is 2.19. The van der Waals surface area contributed by atoms with Gasteiger partial charge in [0, 0.05) is 18.3 Å². The molecule has 0 atom stereocenters. The molecule has 0 aliphatic heterocycles. The number of halogens is 4. The molecule has 1 aromatic heterocycles. The van der Waals surface area contributed by atoms with Crippen LogP contribution in [-0.4, -0.2) is 15.7 Å². The second-order valence-electron chi connectivity index (χ2n) is 4.66. The largest absolute Gasteiger partial charge is 0.317 e. The van der Waals surface area contributed by atoms with Crippen molar-refractivity contribution in [1.29, 1.82) is 0 Å². The van der Waals surface area contributed by atoms with Gasteiger partial charge in [0.25, 0.3) is 5.91 Å². The highest BCUT2D eigenvalue weighted by atomic mass is 19.2. The van der Waals surface area contributed by atoms with Crippen molar-refractivity contribution < 1.29 is 22.4 Å². The molecule has 1 N–H and O–H groups in total.